The van der Waals surface area contributed by atoms with Crippen molar-refractivity contribution in [3.63, 3.8) is 0 Å². The topological polar surface area (TPSA) is 73.6 Å². The monoisotopic (exact) mass is 294 g/mol. The standard InChI is InChI=1S/C16H26N2O3/c1-16(2,3)21-15(19)18-11-13(10-17)9-12-5-7-14(20-4)8-6-12/h5-8,13H,9-11,17H2,1-4H3,(H,18,19). The van der Waals surface area contributed by atoms with Gasteiger partial charge in [-0.15, -0.1) is 0 Å². The minimum absolute atomic E-state index is 0.172. The zero-order chi connectivity index (χ0) is 15.9. The molecule has 0 heterocycles. The number of carbonyl (C=O) groups excluding carboxylic acids is 1. The average molecular weight is 294 g/mol. The molecule has 1 aromatic carbocycles. The summed E-state index contributed by atoms with van der Waals surface area (Å²) < 4.78 is 10.3. The molecular formula is C16H26N2O3. The van der Waals surface area contributed by atoms with Crippen LogP contribution in [0.4, 0.5) is 4.79 Å². The van der Waals surface area contributed by atoms with E-state index in [0.29, 0.717) is 13.1 Å². The first-order valence-electron chi connectivity index (χ1n) is 7.14. The van der Waals surface area contributed by atoms with E-state index in [1.54, 1.807) is 7.11 Å². The highest BCUT2D eigenvalue weighted by Crippen LogP contribution is 2.14. The van der Waals surface area contributed by atoms with E-state index in [0.717, 1.165) is 17.7 Å². The summed E-state index contributed by atoms with van der Waals surface area (Å²) >= 11 is 0. The Kier molecular flexibility index (Phi) is 6.49. The smallest absolute Gasteiger partial charge is 0.407 e. The van der Waals surface area contributed by atoms with Crippen LogP contribution in [-0.4, -0.2) is 31.9 Å². The van der Waals surface area contributed by atoms with E-state index in [1.807, 2.05) is 45.0 Å². The Hall–Kier alpha value is -1.75. The molecule has 118 valence electrons. The van der Waals surface area contributed by atoms with Crippen LogP contribution in [0.15, 0.2) is 24.3 Å². The lowest BCUT2D eigenvalue weighted by Gasteiger charge is -2.21. The van der Waals surface area contributed by atoms with Gasteiger partial charge in [-0.05, 0) is 57.4 Å². The van der Waals surface area contributed by atoms with Crippen molar-refractivity contribution < 1.29 is 14.3 Å². The molecule has 1 unspecified atom stereocenters. The first-order valence-corrected chi connectivity index (χ1v) is 7.14. The minimum atomic E-state index is -0.488. The number of alkyl carbamates (subject to hydrolysis) is 1. The van der Waals surface area contributed by atoms with Crippen molar-refractivity contribution in [3.05, 3.63) is 29.8 Å². The van der Waals surface area contributed by atoms with Gasteiger partial charge in [-0.2, -0.15) is 0 Å². The van der Waals surface area contributed by atoms with Crippen molar-refractivity contribution in [1.82, 2.24) is 5.32 Å². The quantitative estimate of drug-likeness (QED) is 0.844. The van der Waals surface area contributed by atoms with E-state index in [-0.39, 0.29) is 5.92 Å². The average Bonchev–Trinajstić information content (AvgIpc) is 2.42. The number of amides is 1. The Labute approximate surface area is 126 Å². The van der Waals surface area contributed by atoms with E-state index < -0.39 is 11.7 Å². The second kappa shape index (κ2) is 7.88. The summed E-state index contributed by atoms with van der Waals surface area (Å²) in [5.41, 5.74) is 6.45. The summed E-state index contributed by atoms with van der Waals surface area (Å²) in [5, 5.41) is 2.77. The molecule has 0 spiro atoms. The maximum atomic E-state index is 11.6. The molecule has 0 saturated heterocycles. The number of ether oxygens (including phenoxy) is 2. The van der Waals surface area contributed by atoms with Gasteiger partial charge in [0.1, 0.15) is 11.4 Å². The lowest BCUT2D eigenvalue weighted by molar-refractivity contribution is 0.0520. The van der Waals surface area contributed by atoms with E-state index in [1.165, 1.54) is 0 Å². The van der Waals surface area contributed by atoms with E-state index in [4.69, 9.17) is 15.2 Å². The first-order chi connectivity index (χ1) is 9.84. The molecule has 0 fully saturated rings. The number of nitrogens with two attached hydrogens (primary N) is 1. The van der Waals surface area contributed by atoms with Gasteiger partial charge in [0.25, 0.3) is 0 Å². The van der Waals surface area contributed by atoms with Gasteiger partial charge < -0.3 is 20.5 Å². The summed E-state index contributed by atoms with van der Waals surface area (Å²) in [5.74, 6) is 1.00. The molecule has 0 bridgehead atoms. The summed E-state index contributed by atoms with van der Waals surface area (Å²) in [6.45, 7) is 6.51. The minimum Gasteiger partial charge on any atom is -0.497 e. The number of nitrogens with one attached hydrogen (secondary N) is 1. The molecule has 0 aromatic heterocycles. The van der Waals surface area contributed by atoms with Crippen LogP contribution in [0, 0.1) is 5.92 Å². The second-order valence-corrected chi connectivity index (χ2v) is 6.04. The molecule has 1 rings (SSSR count). The van der Waals surface area contributed by atoms with Gasteiger partial charge in [-0.1, -0.05) is 12.1 Å². The molecule has 5 heteroatoms. The van der Waals surface area contributed by atoms with Crippen LogP contribution in [0.25, 0.3) is 0 Å². The third-order valence-corrected chi connectivity index (χ3v) is 2.95. The second-order valence-electron chi connectivity index (χ2n) is 6.04. The molecule has 0 radical (unpaired) electrons. The predicted octanol–water partition coefficient (Wildman–Crippen LogP) is 2.34. The fourth-order valence-electron chi connectivity index (χ4n) is 1.88. The number of benzene rings is 1. The van der Waals surface area contributed by atoms with Crippen molar-refractivity contribution in [2.45, 2.75) is 32.8 Å². The molecule has 0 aliphatic rings. The van der Waals surface area contributed by atoms with E-state index in [2.05, 4.69) is 5.32 Å². The van der Waals surface area contributed by atoms with Crippen LogP contribution in [0.2, 0.25) is 0 Å². The molecule has 1 amide bonds. The fraction of sp³-hybridized carbons (Fsp3) is 0.562. The summed E-state index contributed by atoms with van der Waals surface area (Å²) in [4.78, 5) is 11.6. The van der Waals surface area contributed by atoms with Gasteiger partial charge in [0.15, 0.2) is 0 Å². The Morgan fingerprint density at radius 3 is 2.38 bits per heavy atom. The van der Waals surface area contributed by atoms with Crippen molar-refractivity contribution in [1.29, 1.82) is 0 Å². The van der Waals surface area contributed by atoms with Gasteiger partial charge in [-0.3, -0.25) is 0 Å². The largest absolute Gasteiger partial charge is 0.497 e. The third kappa shape index (κ3) is 6.99. The van der Waals surface area contributed by atoms with Crippen LogP contribution in [-0.2, 0) is 11.2 Å². The molecule has 1 aromatic rings. The van der Waals surface area contributed by atoms with Crippen molar-refractivity contribution in [3.8, 4) is 5.75 Å². The summed E-state index contributed by atoms with van der Waals surface area (Å²) in [7, 11) is 1.64. The van der Waals surface area contributed by atoms with Crippen LogP contribution in [0.5, 0.6) is 5.75 Å². The van der Waals surface area contributed by atoms with Crippen LogP contribution >= 0.6 is 0 Å². The van der Waals surface area contributed by atoms with Crippen LogP contribution in [0.3, 0.4) is 0 Å². The van der Waals surface area contributed by atoms with Crippen molar-refractivity contribution in [2.75, 3.05) is 20.2 Å². The zero-order valence-electron chi connectivity index (χ0n) is 13.3. The zero-order valence-corrected chi connectivity index (χ0v) is 13.3. The highest BCUT2D eigenvalue weighted by atomic mass is 16.6. The van der Waals surface area contributed by atoms with Gasteiger partial charge in [0.05, 0.1) is 7.11 Å². The number of methoxy groups -OCH3 is 1. The molecular weight excluding hydrogens is 268 g/mol. The number of rotatable bonds is 6. The highest BCUT2D eigenvalue weighted by molar-refractivity contribution is 5.67. The fourth-order valence-corrected chi connectivity index (χ4v) is 1.88. The summed E-state index contributed by atoms with van der Waals surface area (Å²) in [6, 6.07) is 7.86. The Bertz CT molecular complexity index is 438. The first kappa shape index (κ1) is 17.3. The Balaban J connectivity index is 2.45. The van der Waals surface area contributed by atoms with Gasteiger partial charge in [-0.25, -0.2) is 4.79 Å². The maximum Gasteiger partial charge on any atom is 0.407 e. The summed E-state index contributed by atoms with van der Waals surface area (Å²) in [6.07, 6.45) is 0.395. The van der Waals surface area contributed by atoms with Gasteiger partial charge in [0.2, 0.25) is 0 Å². The van der Waals surface area contributed by atoms with Crippen molar-refractivity contribution >= 4 is 6.09 Å². The Morgan fingerprint density at radius 2 is 1.90 bits per heavy atom. The molecule has 5 nitrogen and oxygen atoms in total. The molecule has 0 aliphatic heterocycles. The molecule has 0 aliphatic carbocycles. The predicted molar refractivity (Wildman–Crippen MR) is 83.5 cm³/mol. The SMILES string of the molecule is COc1ccc(CC(CN)CNC(=O)OC(C)(C)C)cc1. The molecule has 0 saturated carbocycles. The van der Waals surface area contributed by atoms with Crippen LogP contribution in [0.1, 0.15) is 26.3 Å². The molecule has 3 N–H and O–H groups in total. The highest BCUT2D eigenvalue weighted by Gasteiger charge is 2.17. The third-order valence-electron chi connectivity index (χ3n) is 2.95. The van der Waals surface area contributed by atoms with E-state index >= 15 is 0 Å². The lowest BCUT2D eigenvalue weighted by Crippen LogP contribution is -2.37. The van der Waals surface area contributed by atoms with Gasteiger partial charge >= 0.3 is 6.09 Å². The Morgan fingerprint density at radius 1 is 1.29 bits per heavy atom. The normalized spacial score (nSPS) is 12.6. The maximum absolute atomic E-state index is 11.6. The van der Waals surface area contributed by atoms with E-state index in [9.17, 15) is 4.79 Å². The number of hydrogen-bond acceptors (Lipinski definition) is 4. The molecule has 1 atom stereocenters. The number of hydrogen-bond donors (Lipinski definition) is 2. The lowest BCUT2D eigenvalue weighted by atomic mass is 9.99. The van der Waals surface area contributed by atoms with Gasteiger partial charge in [0, 0.05) is 6.54 Å². The van der Waals surface area contributed by atoms with Crippen molar-refractivity contribution in [2.24, 2.45) is 11.7 Å². The van der Waals surface area contributed by atoms with Crippen LogP contribution < -0.4 is 15.8 Å². The number of carbonyl (C=O) groups is 1. The molecule has 21 heavy (non-hydrogen) atoms.